The highest BCUT2D eigenvalue weighted by molar-refractivity contribution is 5.94. The standard InChI is InChI=1S/C27H36F3N5O2.C22H25F3N4O2/c1-18-19(2)24(37-14-6-11-33(3)4)10-9-22(18)23-8-5-7-21-17-34(12-13-35(21)23)25(36)20-15-31-26(32-16-20)27(28,29)30;1-13-14(2)19(30)7-6-17(13)18-5-3-4-16-12-28(8-9-29(16)18)20(31)15-10-26-21(27-11-15)22(23,24)25/h9-10,15-16,21,23H,5-8,11-14,17H2,1-4H3;6-7,10-11,16,18,30H,3-5,8-9,12H2,1-2H3/t21-,23+;16-,18+/m00/s1. The second kappa shape index (κ2) is 21.1. The number of piperidine rings is 2. The Bertz CT molecular complexity index is 2400. The van der Waals surface area contributed by atoms with Gasteiger partial charge in [-0.2, -0.15) is 26.3 Å². The number of phenolic OH excluding ortho intramolecular Hbond substituents is 1. The van der Waals surface area contributed by atoms with Crippen molar-refractivity contribution in [1.82, 2.24) is 44.4 Å². The highest BCUT2D eigenvalue weighted by atomic mass is 19.4. The van der Waals surface area contributed by atoms with Crippen LogP contribution in [-0.4, -0.2) is 140 Å². The molecule has 68 heavy (non-hydrogen) atoms. The second-order valence-corrected chi connectivity index (χ2v) is 18.6. The number of piperazine rings is 2. The molecule has 2 amide bonds. The first-order valence-corrected chi connectivity index (χ1v) is 23.3. The minimum Gasteiger partial charge on any atom is -0.508 e. The van der Waals surface area contributed by atoms with Crippen LogP contribution in [0.3, 0.4) is 0 Å². The first-order valence-electron chi connectivity index (χ1n) is 23.3. The van der Waals surface area contributed by atoms with Gasteiger partial charge in [-0.25, -0.2) is 19.9 Å². The van der Waals surface area contributed by atoms with E-state index in [-0.39, 0.29) is 47.1 Å². The molecule has 1 N–H and O–H groups in total. The van der Waals surface area contributed by atoms with Crippen molar-refractivity contribution in [2.45, 2.75) is 109 Å². The van der Waals surface area contributed by atoms with Crippen LogP contribution < -0.4 is 4.74 Å². The lowest BCUT2D eigenvalue weighted by Gasteiger charge is -2.48. The number of aromatic nitrogens is 4. The Balaban J connectivity index is 0.000000204. The number of hydrogen-bond acceptors (Lipinski definition) is 11. The number of carbonyl (C=O) groups excluding carboxylic acids is 2. The Morgan fingerprint density at radius 3 is 1.53 bits per heavy atom. The zero-order valence-corrected chi connectivity index (χ0v) is 39.5. The summed E-state index contributed by atoms with van der Waals surface area (Å²) in [5, 5.41) is 9.99. The number of alkyl halides is 6. The van der Waals surface area contributed by atoms with E-state index in [2.05, 4.69) is 74.7 Å². The molecule has 8 rings (SSSR count). The number of carbonyl (C=O) groups is 2. The SMILES string of the molecule is Cc1c(O)ccc([C@H]2CCC[C@H]3CN(C(=O)c4cnc(C(F)(F)F)nc4)CCN32)c1C.Cc1c(OCCCN(C)C)ccc([C@H]2CCC[C@H]3CN(C(=O)c4cnc(C(F)(F)F)nc4)CCN32)c1C. The van der Waals surface area contributed by atoms with Gasteiger partial charge in [0.2, 0.25) is 11.6 Å². The third kappa shape index (κ3) is 11.4. The molecular formula is C49H61F6N9O4. The highest BCUT2D eigenvalue weighted by Gasteiger charge is 2.41. The number of rotatable bonds is 9. The van der Waals surface area contributed by atoms with E-state index in [9.17, 15) is 41.0 Å². The number of aromatic hydroxyl groups is 1. The van der Waals surface area contributed by atoms with E-state index < -0.39 is 24.0 Å². The van der Waals surface area contributed by atoms with Gasteiger partial charge in [-0.15, -0.1) is 0 Å². The number of halogens is 6. The van der Waals surface area contributed by atoms with Gasteiger partial charge in [0.15, 0.2) is 0 Å². The summed E-state index contributed by atoms with van der Waals surface area (Å²) in [6, 6.07) is 8.88. The van der Waals surface area contributed by atoms with Crippen molar-refractivity contribution in [3.8, 4) is 11.5 Å². The van der Waals surface area contributed by atoms with Gasteiger partial charge in [-0.3, -0.25) is 19.4 Å². The molecule has 19 heteroatoms. The number of fused-ring (bicyclic) bond motifs is 2. The van der Waals surface area contributed by atoms with Crippen molar-refractivity contribution < 1.29 is 45.8 Å². The molecule has 6 heterocycles. The number of hydrogen-bond donors (Lipinski definition) is 1. The smallest absolute Gasteiger partial charge is 0.451 e. The predicted molar refractivity (Wildman–Crippen MR) is 242 cm³/mol. The summed E-state index contributed by atoms with van der Waals surface area (Å²) in [6.07, 6.45) is 1.67. The van der Waals surface area contributed by atoms with Crippen molar-refractivity contribution >= 4 is 11.8 Å². The zero-order valence-electron chi connectivity index (χ0n) is 39.5. The maximum atomic E-state index is 13.0. The van der Waals surface area contributed by atoms with Crippen LogP contribution in [-0.2, 0) is 12.4 Å². The van der Waals surface area contributed by atoms with Crippen molar-refractivity contribution in [3.63, 3.8) is 0 Å². The molecule has 4 aromatic rings. The quantitative estimate of drug-likeness (QED) is 0.128. The predicted octanol–water partition coefficient (Wildman–Crippen LogP) is 8.36. The van der Waals surface area contributed by atoms with Gasteiger partial charge in [0.1, 0.15) is 11.5 Å². The van der Waals surface area contributed by atoms with E-state index in [4.69, 9.17) is 4.74 Å². The van der Waals surface area contributed by atoms with Gasteiger partial charge >= 0.3 is 12.4 Å². The minimum atomic E-state index is -4.63. The molecule has 4 fully saturated rings. The normalized spacial score (nSPS) is 21.4. The molecule has 2 aromatic carbocycles. The molecule has 13 nitrogen and oxygen atoms in total. The summed E-state index contributed by atoms with van der Waals surface area (Å²) in [4.78, 5) is 49.6. The molecule has 0 unspecified atom stereocenters. The summed E-state index contributed by atoms with van der Waals surface area (Å²) in [5.41, 5.74) is 7.05. The molecule has 4 aliphatic heterocycles. The van der Waals surface area contributed by atoms with E-state index in [0.717, 1.165) is 93.2 Å². The Hall–Kier alpha value is -5.40. The monoisotopic (exact) mass is 953 g/mol. The van der Waals surface area contributed by atoms with Gasteiger partial charge < -0.3 is 24.5 Å². The fraction of sp³-hybridized carbons (Fsp3) is 0.551. The Labute approximate surface area is 393 Å². The number of benzene rings is 2. The highest BCUT2D eigenvalue weighted by Crippen LogP contribution is 2.41. The lowest BCUT2D eigenvalue weighted by atomic mass is 9.86. The van der Waals surface area contributed by atoms with Crippen LogP contribution in [0.2, 0.25) is 0 Å². The minimum absolute atomic E-state index is 0.0683. The van der Waals surface area contributed by atoms with Crippen LogP contribution in [0.25, 0.3) is 0 Å². The molecule has 4 atom stereocenters. The van der Waals surface area contributed by atoms with Crippen molar-refractivity contribution in [2.24, 2.45) is 0 Å². The number of phenols is 1. The molecular weight excluding hydrogens is 893 g/mol. The van der Waals surface area contributed by atoms with Crippen LogP contribution >= 0.6 is 0 Å². The summed E-state index contributed by atoms with van der Waals surface area (Å²) in [5.74, 6) is -1.92. The summed E-state index contributed by atoms with van der Waals surface area (Å²) < 4.78 is 82.4. The van der Waals surface area contributed by atoms with Crippen molar-refractivity contribution in [3.05, 3.63) is 105 Å². The maximum absolute atomic E-state index is 13.0. The van der Waals surface area contributed by atoms with Crippen LogP contribution in [0.1, 0.15) is 123 Å². The Morgan fingerprint density at radius 1 is 0.647 bits per heavy atom. The van der Waals surface area contributed by atoms with Crippen LogP contribution in [0.15, 0.2) is 49.1 Å². The third-order valence-electron chi connectivity index (χ3n) is 14.1. The lowest BCUT2D eigenvalue weighted by Crippen LogP contribution is -2.57. The summed E-state index contributed by atoms with van der Waals surface area (Å²) in [7, 11) is 4.11. The summed E-state index contributed by atoms with van der Waals surface area (Å²) >= 11 is 0. The third-order valence-corrected chi connectivity index (χ3v) is 14.1. The van der Waals surface area contributed by atoms with Gasteiger partial charge in [0, 0.05) is 94.8 Å². The zero-order chi connectivity index (χ0) is 49.1. The van der Waals surface area contributed by atoms with Gasteiger partial charge in [0.05, 0.1) is 17.7 Å². The Morgan fingerprint density at radius 2 is 1.09 bits per heavy atom. The van der Waals surface area contributed by atoms with E-state index in [1.807, 2.05) is 19.9 Å². The van der Waals surface area contributed by atoms with Crippen LogP contribution in [0.5, 0.6) is 11.5 Å². The maximum Gasteiger partial charge on any atom is 0.451 e. The van der Waals surface area contributed by atoms with E-state index in [0.29, 0.717) is 51.6 Å². The molecule has 0 saturated carbocycles. The van der Waals surface area contributed by atoms with Gasteiger partial charge in [-0.05, 0) is 132 Å². The average molecular weight is 954 g/mol. The Kier molecular flexibility index (Phi) is 15.6. The van der Waals surface area contributed by atoms with E-state index in [1.54, 1.807) is 15.9 Å². The fourth-order valence-corrected chi connectivity index (χ4v) is 10.2. The molecule has 368 valence electrons. The number of amides is 2. The van der Waals surface area contributed by atoms with Crippen LogP contribution in [0.4, 0.5) is 26.3 Å². The second-order valence-electron chi connectivity index (χ2n) is 18.6. The fourth-order valence-electron chi connectivity index (χ4n) is 10.2. The number of nitrogens with zero attached hydrogens (tertiary/aromatic N) is 9. The molecule has 4 aliphatic rings. The van der Waals surface area contributed by atoms with Crippen molar-refractivity contribution in [1.29, 1.82) is 0 Å². The molecule has 0 aliphatic carbocycles. The molecule has 0 radical (unpaired) electrons. The molecule has 0 bridgehead atoms. The topological polar surface area (TPSA) is 131 Å². The summed E-state index contributed by atoms with van der Waals surface area (Å²) in [6.45, 7) is 13.3. The lowest BCUT2D eigenvalue weighted by molar-refractivity contribution is -0.145. The molecule has 0 spiro atoms. The van der Waals surface area contributed by atoms with Gasteiger partial charge in [-0.1, -0.05) is 12.1 Å². The first-order chi connectivity index (χ1) is 32.2. The molecule has 2 aromatic heterocycles. The number of ether oxygens (including phenoxy) is 1. The van der Waals surface area contributed by atoms with Crippen molar-refractivity contribution in [2.75, 3.05) is 66.5 Å². The van der Waals surface area contributed by atoms with Gasteiger partial charge in [0.25, 0.3) is 11.8 Å². The van der Waals surface area contributed by atoms with Crippen LogP contribution in [0, 0.1) is 27.7 Å². The largest absolute Gasteiger partial charge is 0.508 e. The molecule has 4 saturated heterocycles. The average Bonchev–Trinajstić information content (AvgIpc) is 3.32. The van der Waals surface area contributed by atoms with E-state index >= 15 is 0 Å². The van der Waals surface area contributed by atoms with E-state index in [1.165, 1.54) is 22.3 Å². The first kappa shape index (κ1) is 50.5.